The third kappa shape index (κ3) is 6.62. The lowest BCUT2D eigenvalue weighted by molar-refractivity contribution is -0.124. The molecule has 144 valence electrons. The summed E-state index contributed by atoms with van der Waals surface area (Å²) in [6, 6.07) is 9.52. The van der Waals surface area contributed by atoms with Crippen molar-refractivity contribution in [1.29, 1.82) is 0 Å². The van der Waals surface area contributed by atoms with Crippen molar-refractivity contribution in [3.8, 4) is 0 Å². The molecule has 0 fully saturated rings. The van der Waals surface area contributed by atoms with Gasteiger partial charge < -0.3 is 19.8 Å². The zero-order valence-electron chi connectivity index (χ0n) is 15.3. The summed E-state index contributed by atoms with van der Waals surface area (Å²) < 4.78 is 10.1. The van der Waals surface area contributed by atoms with E-state index in [1.807, 2.05) is 0 Å². The van der Waals surface area contributed by atoms with E-state index in [1.165, 1.54) is 18.4 Å². The Morgan fingerprint density at radius 3 is 2.59 bits per heavy atom. The monoisotopic (exact) mass is 372 g/mol. The van der Waals surface area contributed by atoms with Crippen LogP contribution in [0.3, 0.4) is 0 Å². The number of nitrogens with one attached hydrogen (secondary N) is 2. The van der Waals surface area contributed by atoms with Crippen molar-refractivity contribution >= 4 is 23.5 Å². The Morgan fingerprint density at radius 2 is 1.85 bits per heavy atom. The molecule has 1 aromatic heterocycles. The highest BCUT2D eigenvalue weighted by Gasteiger charge is 2.17. The van der Waals surface area contributed by atoms with Crippen molar-refractivity contribution in [2.45, 2.75) is 32.6 Å². The highest BCUT2D eigenvalue weighted by atomic mass is 16.5. The lowest BCUT2D eigenvalue weighted by atomic mass is 10.1. The van der Waals surface area contributed by atoms with E-state index in [2.05, 4.69) is 17.6 Å². The van der Waals surface area contributed by atoms with E-state index in [9.17, 15) is 14.4 Å². The van der Waals surface area contributed by atoms with E-state index in [1.54, 1.807) is 24.3 Å². The topological polar surface area (TPSA) is 97.6 Å². The molecule has 7 heteroatoms. The van der Waals surface area contributed by atoms with Gasteiger partial charge in [0.05, 0.1) is 17.5 Å². The second kappa shape index (κ2) is 10.8. The fourth-order valence-electron chi connectivity index (χ4n) is 2.40. The van der Waals surface area contributed by atoms with Crippen LogP contribution in [-0.2, 0) is 9.53 Å². The molecule has 1 heterocycles. The van der Waals surface area contributed by atoms with Gasteiger partial charge in [0.25, 0.3) is 11.8 Å². The molecule has 2 amide bonds. The molecule has 0 spiro atoms. The summed E-state index contributed by atoms with van der Waals surface area (Å²) in [5.74, 6) is -1.39. The normalized spacial score (nSPS) is 10.3. The lowest BCUT2D eigenvalue weighted by Crippen LogP contribution is -2.29. The molecule has 7 nitrogen and oxygen atoms in total. The number of ether oxygens (including phenoxy) is 1. The predicted molar refractivity (Wildman–Crippen MR) is 101 cm³/mol. The largest absolute Gasteiger partial charge is 0.459 e. The summed E-state index contributed by atoms with van der Waals surface area (Å²) in [5.41, 5.74) is 0.442. The zero-order chi connectivity index (χ0) is 19.5. The molecule has 2 rings (SSSR count). The first-order valence-corrected chi connectivity index (χ1v) is 8.99. The standard InChI is InChI=1S/C20H24N2O5/c1-2-3-4-7-12-21-18(23)14-27-20(25)15-9-5-6-10-16(15)22-19(24)17-11-8-13-26-17/h5-6,8-11,13H,2-4,7,12,14H2,1H3,(H,21,23)(H,22,24). The Bertz CT molecular complexity index is 755. The number of rotatable bonds is 10. The Morgan fingerprint density at radius 1 is 1.04 bits per heavy atom. The SMILES string of the molecule is CCCCCCNC(=O)COC(=O)c1ccccc1NC(=O)c1ccco1. The molecule has 0 atom stereocenters. The van der Waals surface area contributed by atoms with Crippen LogP contribution >= 0.6 is 0 Å². The maximum Gasteiger partial charge on any atom is 0.340 e. The second-order valence-corrected chi connectivity index (χ2v) is 5.96. The minimum atomic E-state index is -0.688. The van der Waals surface area contributed by atoms with Gasteiger partial charge in [-0.3, -0.25) is 9.59 Å². The van der Waals surface area contributed by atoms with Crippen molar-refractivity contribution < 1.29 is 23.5 Å². The number of unbranched alkanes of at least 4 members (excludes halogenated alkanes) is 3. The number of carbonyl (C=O) groups excluding carboxylic acids is 3. The molecule has 0 aliphatic carbocycles. The van der Waals surface area contributed by atoms with Crippen molar-refractivity contribution in [3.63, 3.8) is 0 Å². The van der Waals surface area contributed by atoms with Crippen LogP contribution in [0.4, 0.5) is 5.69 Å². The minimum Gasteiger partial charge on any atom is -0.459 e. The van der Waals surface area contributed by atoms with Crippen LogP contribution in [0.1, 0.15) is 53.5 Å². The highest BCUT2D eigenvalue weighted by molar-refractivity contribution is 6.06. The fourth-order valence-corrected chi connectivity index (χ4v) is 2.40. The molecule has 0 saturated carbocycles. The first-order chi connectivity index (χ1) is 13.1. The van der Waals surface area contributed by atoms with E-state index >= 15 is 0 Å². The molecule has 0 unspecified atom stereocenters. The van der Waals surface area contributed by atoms with Crippen molar-refractivity contribution in [2.24, 2.45) is 0 Å². The molecule has 2 aromatic rings. The van der Waals surface area contributed by atoms with Gasteiger partial charge in [0.2, 0.25) is 0 Å². The van der Waals surface area contributed by atoms with E-state index in [0.717, 1.165) is 25.7 Å². The third-order valence-electron chi connectivity index (χ3n) is 3.83. The van der Waals surface area contributed by atoms with Gasteiger partial charge >= 0.3 is 5.97 Å². The number of hydrogen-bond donors (Lipinski definition) is 2. The predicted octanol–water partition coefficient (Wildman–Crippen LogP) is 3.39. The lowest BCUT2D eigenvalue weighted by Gasteiger charge is -2.10. The van der Waals surface area contributed by atoms with Gasteiger partial charge in [-0.05, 0) is 30.7 Å². The van der Waals surface area contributed by atoms with E-state index in [0.29, 0.717) is 6.54 Å². The molecule has 0 saturated heterocycles. The summed E-state index contributed by atoms with van der Waals surface area (Å²) in [5, 5.41) is 5.32. The fraction of sp³-hybridized carbons (Fsp3) is 0.350. The van der Waals surface area contributed by atoms with Crippen molar-refractivity contribution in [1.82, 2.24) is 5.32 Å². The summed E-state index contributed by atoms with van der Waals surface area (Å²) in [6.45, 7) is 2.31. The van der Waals surface area contributed by atoms with E-state index < -0.39 is 11.9 Å². The summed E-state index contributed by atoms with van der Waals surface area (Å²) in [7, 11) is 0. The summed E-state index contributed by atoms with van der Waals surface area (Å²) in [4.78, 5) is 36.1. The van der Waals surface area contributed by atoms with Crippen LogP contribution < -0.4 is 10.6 Å². The van der Waals surface area contributed by atoms with Crippen LogP contribution in [-0.4, -0.2) is 30.9 Å². The van der Waals surface area contributed by atoms with Crippen LogP contribution in [0.2, 0.25) is 0 Å². The maximum absolute atomic E-state index is 12.3. The third-order valence-corrected chi connectivity index (χ3v) is 3.83. The van der Waals surface area contributed by atoms with Gasteiger partial charge in [-0.2, -0.15) is 0 Å². The Balaban J connectivity index is 1.85. The number of furan rings is 1. The minimum absolute atomic E-state index is 0.126. The number of benzene rings is 1. The van der Waals surface area contributed by atoms with Crippen molar-refractivity contribution in [2.75, 3.05) is 18.5 Å². The number of hydrogen-bond acceptors (Lipinski definition) is 5. The molecular formula is C20H24N2O5. The average Bonchev–Trinajstić information content (AvgIpc) is 3.21. The number of carbonyl (C=O) groups is 3. The number of amides is 2. The Hall–Kier alpha value is -3.09. The maximum atomic E-state index is 12.3. The van der Waals surface area contributed by atoms with Crippen molar-refractivity contribution in [3.05, 3.63) is 54.0 Å². The molecule has 2 N–H and O–H groups in total. The molecule has 0 aliphatic rings. The second-order valence-electron chi connectivity index (χ2n) is 5.96. The number of esters is 1. The van der Waals surface area contributed by atoms with Gasteiger partial charge in [-0.25, -0.2) is 4.79 Å². The molecule has 27 heavy (non-hydrogen) atoms. The van der Waals surface area contributed by atoms with Gasteiger partial charge in [0.1, 0.15) is 0 Å². The molecule has 0 bridgehead atoms. The van der Waals surface area contributed by atoms with Gasteiger partial charge in [0.15, 0.2) is 12.4 Å². The van der Waals surface area contributed by atoms with Crippen LogP contribution in [0, 0.1) is 0 Å². The molecule has 0 radical (unpaired) electrons. The van der Waals surface area contributed by atoms with E-state index in [4.69, 9.17) is 9.15 Å². The quantitative estimate of drug-likeness (QED) is 0.492. The van der Waals surface area contributed by atoms with Crippen LogP contribution in [0.15, 0.2) is 47.1 Å². The number of para-hydroxylation sites is 1. The van der Waals surface area contributed by atoms with E-state index in [-0.39, 0.29) is 29.5 Å². The van der Waals surface area contributed by atoms with Gasteiger partial charge in [0, 0.05) is 6.54 Å². The molecule has 0 aliphatic heterocycles. The van der Waals surface area contributed by atoms with Gasteiger partial charge in [-0.15, -0.1) is 0 Å². The first kappa shape index (κ1) is 20.2. The van der Waals surface area contributed by atoms with Crippen LogP contribution in [0.25, 0.3) is 0 Å². The average molecular weight is 372 g/mol. The van der Waals surface area contributed by atoms with Gasteiger partial charge in [-0.1, -0.05) is 38.3 Å². The zero-order valence-corrected chi connectivity index (χ0v) is 15.3. The van der Waals surface area contributed by atoms with Crippen LogP contribution in [0.5, 0.6) is 0 Å². The summed E-state index contributed by atoms with van der Waals surface area (Å²) in [6.07, 6.45) is 5.59. The molecule has 1 aromatic carbocycles. The summed E-state index contributed by atoms with van der Waals surface area (Å²) >= 11 is 0. The first-order valence-electron chi connectivity index (χ1n) is 8.99. The Kier molecular flexibility index (Phi) is 8.09. The number of anilines is 1. The Labute approximate surface area is 158 Å². The smallest absolute Gasteiger partial charge is 0.340 e. The molecular weight excluding hydrogens is 348 g/mol. The highest BCUT2D eigenvalue weighted by Crippen LogP contribution is 2.17.